The van der Waals surface area contributed by atoms with Crippen molar-refractivity contribution in [3.8, 4) is 0 Å². The molecule has 0 aliphatic rings. The van der Waals surface area contributed by atoms with Gasteiger partial charge < -0.3 is 19.8 Å². The van der Waals surface area contributed by atoms with Gasteiger partial charge in [0, 0.05) is 6.42 Å². The van der Waals surface area contributed by atoms with Crippen LogP contribution in [0.3, 0.4) is 0 Å². The largest absolute Gasteiger partial charge is 0.472 e. The molecular weight excluding hydrogens is 900 g/mol. The van der Waals surface area contributed by atoms with Gasteiger partial charge in [-0.3, -0.25) is 13.8 Å². The quantitative estimate of drug-likeness (QED) is 0.0243. The van der Waals surface area contributed by atoms with Crippen LogP contribution < -0.4 is 5.32 Å². The van der Waals surface area contributed by atoms with E-state index in [-0.39, 0.29) is 19.1 Å². The van der Waals surface area contributed by atoms with E-state index in [9.17, 15) is 19.4 Å². The van der Waals surface area contributed by atoms with Crippen LogP contribution in [0.1, 0.15) is 277 Å². The second-order valence-corrected chi connectivity index (χ2v) is 23.2. The minimum atomic E-state index is -4.36. The molecule has 3 atom stereocenters. The number of amides is 1. The number of quaternary nitrogens is 1. The molecule has 0 aromatic heterocycles. The van der Waals surface area contributed by atoms with E-state index >= 15 is 0 Å². The van der Waals surface area contributed by atoms with E-state index in [4.69, 9.17) is 9.05 Å². The number of carbonyl (C=O) groups excluding carboxylic acids is 1. The van der Waals surface area contributed by atoms with Crippen LogP contribution in [0.2, 0.25) is 0 Å². The number of aliphatic hydroxyl groups is 1. The van der Waals surface area contributed by atoms with Crippen LogP contribution in [0.4, 0.5) is 0 Å². The highest BCUT2D eigenvalue weighted by Gasteiger charge is 2.27. The zero-order chi connectivity index (χ0) is 52.0. The van der Waals surface area contributed by atoms with Gasteiger partial charge in [-0.15, -0.1) is 0 Å². The lowest BCUT2D eigenvalue weighted by Crippen LogP contribution is -2.45. The van der Waals surface area contributed by atoms with Crippen molar-refractivity contribution in [3.63, 3.8) is 0 Å². The first kappa shape index (κ1) is 69.2. The summed E-state index contributed by atoms with van der Waals surface area (Å²) in [6.45, 7) is 4.80. The third-order valence-electron chi connectivity index (χ3n) is 13.4. The maximum Gasteiger partial charge on any atom is 0.472 e. The Morgan fingerprint density at radius 1 is 0.479 bits per heavy atom. The van der Waals surface area contributed by atoms with Gasteiger partial charge in [0.25, 0.3) is 0 Å². The summed E-state index contributed by atoms with van der Waals surface area (Å²) in [6.07, 6.45) is 71.9. The third kappa shape index (κ3) is 55.8. The minimum Gasteiger partial charge on any atom is -0.387 e. The summed E-state index contributed by atoms with van der Waals surface area (Å²) >= 11 is 0. The molecule has 1 amide bonds. The topological polar surface area (TPSA) is 105 Å². The number of hydrogen-bond acceptors (Lipinski definition) is 5. The van der Waals surface area contributed by atoms with Gasteiger partial charge in [0.05, 0.1) is 39.9 Å². The number of nitrogens with zero attached hydrogens (tertiary/aromatic N) is 1. The van der Waals surface area contributed by atoms with E-state index in [1.54, 1.807) is 6.08 Å². The Labute approximate surface area is 441 Å². The Kier molecular flexibility index (Phi) is 51.7. The summed E-state index contributed by atoms with van der Waals surface area (Å²) in [6, 6.07) is -0.873. The fourth-order valence-electron chi connectivity index (χ4n) is 8.69. The molecule has 0 aromatic rings. The molecule has 0 radical (unpaired) electrons. The first-order chi connectivity index (χ1) is 34.5. The fraction of sp³-hybridized carbons (Fsp3) is 0.823. The highest BCUT2D eigenvalue weighted by atomic mass is 31.2. The lowest BCUT2D eigenvalue weighted by molar-refractivity contribution is -0.870. The maximum atomic E-state index is 13.0. The molecule has 0 saturated carbocycles. The van der Waals surface area contributed by atoms with Gasteiger partial charge in [0.1, 0.15) is 13.2 Å². The van der Waals surface area contributed by atoms with Gasteiger partial charge in [-0.2, -0.15) is 0 Å². The summed E-state index contributed by atoms with van der Waals surface area (Å²) in [5, 5.41) is 13.9. The van der Waals surface area contributed by atoms with Crippen molar-refractivity contribution in [1.82, 2.24) is 5.32 Å². The molecule has 0 bridgehead atoms. The summed E-state index contributed by atoms with van der Waals surface area (Å²) < 4.78 is 23.7. The van der Waals surface area contributed by atoms with Crippen LogP contribution in [-0.2, 0) is 18.4 Å². The average molecular weight is 1020 g/mol. The molecular formula is C62H118N2O6P+. The molecule has 0 heterocycles. The zero-order valence-electron chi connectivity index (χ0n) is 47.5. The summed E-state index contributed by atoms with van der Waals surface area (Å²) in [7, 11) is 1.55. The number of hydrogen-bond donors (Lipinski definition) is 3. The number of unbranched alkanes of at least 4 members (excludes halogenated alkanes) is 34. The normalized spacial score (nSPS) is 14.3. The molecule has 0 spiro atoms. The Balaban J connectivity index is 4.26. The summed E-state index contributed by atoms with van der Waals surface area (Å²) in [5.41, 5.74) is 0. The van der Waals surface area contributed by atoms with E-state index in [1.807, 2.05) is 27.2 Å². The Bertz CT molecular complexity index is 1340. The lowest BCUT2D eigenvalue weighted by Gasteiger charge is -2.25. The number of rotatable bonds is 55. The molecule has 9 heteroatoms. The highest BCUT2D eigenvalue weighted by Crippen LogP contribution is 2.43. The minimum absolute atomic E-state index is 0.0523. The van der Waals surface area contributed by atoms with Crippen LogP contribution in [0.25, 0.3) is 0 Å². The van der Waals surface area contributed by atoms with E-state index in [1.165, 1.54) is 205 Å². The predicted molar refractivity (Wildman–Crippen MR) is 309 cm³/mol. The number of carbonyl (C=O) groups is 1. The van der Waals surface area contributed by atoms with E-state index in [2.05, 4.69) is 67.8 Å². The zero-order valence-corrected chi connectivity index (χ0v) is 48.4. The van der Waals surface area contributed by atoms with Crippen LogP contribution in [0.15, 0.2) is 60.8 Å². The van der Waals surface area contributed by atoms with Gasteiger partial charge in [-0.25, -0.2) is 4.57 Å². The number of aliphatic hydroxyl groups excluding tert-OH is 1. The van der Waals surface area contributed by atoms with Crippen molar-refractivity contribution in [2.45, 2.75) is 289 Å². The molecule has 0 saturated heterocycles. The van der Waals surface area contributed by atoms with E-state index in [0.29, 0.717) is 17.4 Å². The van der Waals surface area contributed by atoms with E-state index < -0.39 is 20.0 Å². The number of allylic oxidation sites excluding steroid dienone is 9. The number of phosphoric acid groups is 1. The van der Waals surface area contributed by atoms with Crippen molar-refractivity contribution in [1.29, 1.82) is 0 Å². The molecule has 3 unspecified atom stereocenters. The molecule has 71 heavy (non-hydrogen) atoms. The fourth-order valence-corrected chi connectivity index (χ4v) is 9.43. The van der Waals surface area contributed by atoms with Gasteiger partial charge >= 0.3 is 7.82 Å². The van der Waals surface area contributed by atoms with Crippen molar-refractivity contribution in [2.24, 2.45) is 0 Å². The molecule has 0 fully saturated rings. The molecule has 0 aromatic carbocycles. The van der Waals surface area contributed by atoms with E-state index in [0.717, 1.165) is 51.4 Å². The smallest absolute Gasteiger partial charge is 0.387 e. The molecule has 0 rings (SSSR count). The second kappa shape index (κ2) is 53.0. The van der Waals surface area contributed by atoms with Gasteiger partial charge in [0.2, 0.25) is 5.91 Å². The molecule has 0 aliphatic heterocycles. The molecule has 3 N–H and O–H groups in total. The summed E-state index contributed by atoms with van der Waals surface area (Å²) in [4.78, 5) is 23.3. The Morgan fingerprint density at radius 2 is 0.817 bits per heavy atom. The number of phosphoric ester groups is 1. The van der Waals surface area contributed by atoms with Crippen molar-refractivity contribution >= 4 is 13.7 Å². The van der Waals surface area contributed by atoms with Crippen molar-refractivity contribution < 1.29 is 32.9 Å². The van der Waals surface area contributed by atoms with Crippen molar-refractivity contribution in [3.05, 3.63) is 60.8 Å². The Morgan fingerprint density at radius 3 is 1.21 bits per heavy atom. The third-order valence-corrected chi connectivity index (χ3v) is 14.4. The number of likely N-dealkylation sites (N-methyl/N-ethyl adjacent to an activating group) is 1. The summed E-state index contributed by atoms with van der Waals surface area (Å²) in [5.74, 6) is -0.190. The molecule has 8 nitrogen and oxygen atoms in total. The standard InChI is InChI=1S/C62H117N2O6P/c1-6-8-10-12-14-16-18-20-22-24-26-28-30-32-34-36-38-40-42-44-46-48-50-52-54-56-62(66)63-60(59-70-71(67,68)69-58-57-64(3,4)5)61(65)55-53-51-49-47-45-43-41-39-37-35-33-31-29-27-25-23-21-19-17-15-13-11-9-7-2/h18,20,24,26,37,39,45,47,53,55,60-61,65H,6-17,19,21-23,25,27-36,38,40-44,46,48-52,54,56-59H2,1-5H3,(H-,63,66,67,68)/p+1/b20-18-,26-24-,39-37+,47-45+,55-53+. The molecule has 416 valence electrons. The first-order valence-electron chi connectivity index (χ1n) is 30.2. The average Bonchev–Trinajstić information content (AvgIpc) is 3.33. The highest BCUT2D eigenvalue weighted by molar-refractivity contribution is 7.47. The lowest BCUT2D eigenvalue weighted by atomic mass is 10.0. The van der Waals surface area contributed by atoms with Crippen LogP contribution >= 0.6 is 7.82 Å². The second-order valence-electron chi connectivity index (χ2n) is 21.7. The van der Waals surface area contributed by atoms with Gasteiger partial charge in [-0.1, -0.05) is 254 Å². The number of nitrogens with one attached hydrogen (secondary N) is 1. The van der Waals surface area contributed by atoms with Gasteiger partial charge in [-0.05, 0) is 77.0 Å². The maximum absolute atomic E-state index is 13.0. The SMILES string of the molecule is CCCCCCC/C=C\C/C=C\CCCCCCCCCCCCCCCC(=O)NC(COP(=O)(O)OCC[N+](C)(C)C)C(O)/C=C/CC/C=C/CC/C=C/CCCCCCCCCCCCCCCC. The van der Waals surface area contributed by atoms with Crippen LogP contribution in [-0.4, -0.2) is 73.4 Å². The van der Waals surface area contributed by atoms with Crippen LogP contribution in [0.5, 0.6) is 0 Å². The van der Waals surface area contributed by atoms with Crippen molar-refractivity contribution in [2.75, 3.05) is 40.9 Å². The van der Waals surface area contributed by atoms with Gasteiger partial charge in [0.15, 0.2) is 0 Å². The first-order valence-corrected chi connectivity index (χ1v) is 31.7. The van der Waals surface area contributed by atoms with Crippen LogP contribution in [0, 0.1) is 0 Å². The molecule has 0 aliphatic carbocycles. The predicted octanol–water partition coefficient (Wildman–Crippen LogP) is 18.5. The monoisotopic (exact) mass is 1020 g/mol. The Hall–Kier alpha value is -1.80.